The van der Waals surface area contributed by atoms with Crippen molar-refractivity contribution in [3.05, 3.63) is 34.3 Å². The van der Waals surface area contributed by atoms with Crippen LogP contribution in [0.5, 0.6) is 0 Å². The van der Waals surface area contributed by atoms with Gasteiger partial charge in [0.05, 0.1) is 6.10 Å². The second kappa shape index (κ2) is 6.36. The van der Waals surface area contributed by atoms with Crippen LogP contribution in [0.25, 0.3) is 0 Å². The van der Waals surface area contributed by atoms with E-state index in [0.717, 1.165) is 15.3 Å². The van der Waals surface area contributed by atoms with E-state index < -0.39 is 0 Å². The van der Waals surface area contributed by atoms with Gasteiger partial charge < -0.3 is 4.74 Å². The maximum Gasteiger partial charge on any atom is 0.101 e. The highest BCUT2D eigenvalue weighted by molar-refractivity contribution is 14.1. The number of hydrogen-bond donors (Lipinski definition) is 0. The van der Waals surface area contributed by atoms with Crippen molar-refractivity contribution in [1.82, 2.24) is 0 Å². The first kappa shape index (κ1) is 14.5. The molecule has 2 unspecified atom stereocenters. The highest BCUT2D eigenvalue weighted by Crippen LogP contribution is 2.34. The zero-order valence-corrected chi connectivity index (χ0v) is 13.7. The van der Waals surface area contributed by atoms with E-state index in [2.05, 4.69) is 77.5 Å². The molecule has 0 spiro atoms. The lowest BCUT2D eigenvalue weighted by Crippen LogP contribution is -2.32. The van der Waals surface area contributed by atoms with E-state index in [4.69, 9.17) is 4.74 Å². The van der Waals surface area contributed by atoms with Crippen molar-refractivity contribution >= 4 is 38.5 Å². The molecule has 1 aromatic rings. The van der Waals surface area contributed by atoms with Gasteiger partial charge in [0.15, 0.2) is 0 Å². The summed E-state index contributed by atoms with van der Waals surface area (Å²) in [5.74, 6) is 0. The number of benzene rings is 1. The zero-order chi connectivity index (χ0) is 12.2. The van der Waals surface area contributed by atoms with E-state index in [1.165, 1.54) is 5.56 Å². The van der Waals surface area contributed by atoms with Crippen molar-refractivity contribution in [2.75, 3.05) is 4.43 Å². The fourth-order valence-electron chi connectivity index (χ4n) is 1.58. The standard InChI is InChI=1S/C13H18BrIO/c1-4-10(2)16-13(3,9-15)11-7-5-6-8-12(11)14/h5-8,10H,4,9H2,1-3H3. The van der Waals surface area contributed by atoms with Gasteiger partial charge in [-0.3, -0.25) is 0 Å². The molecule has 1 rings (SSSR count). The lowest BCUT2D eigenvalue weighted by atomic mass is 9.97. The molecule has 0 fully saturated rings. The quantitative estimate of drug-likeness (QED) is 0.507. The highest BCUT2D eigenvalue weighted by Gasteiger charge is 2.29. The van der Waals surface area contributed by atoms with E-state index in [-0.39, 0.29) is 11.7 Å². The van der Waals surface area contributed by atoms with Crippen molar-refractivity contribution in [2.24, 2.45) is 0 Å². The highest BCUT2D eigenvalue weighted by atomic mass is 127. The van der Waals surface area contributed by atoms with Gasteiger partial charge in [-0.1, -0.05) is 63.6 Å². The minimum absolute atomic E-state index is 0.212. The molecule has 0 amide bonds. The third kappa shape index (κ3) is 3.44. The molecule has 0 radical (unpaired) electrons. The molecule has 0 N–H and O–H groups in total. The molecule has 16 heavy (non-hydrogen) atoms. The summed E-state index contributed by atoms with van der Waals surface area (Å²) in [6, 6.07) is 8.29. The number of alkyl halides is 1. The third-order valence-corrected chi connectivity index (χ3v) is 4.88. The van der Waals surface area contributed by atoms with Crippen LogP contribution in [0, 0.1) is 0 Å². The van der Waals surface area contributed by atoms with Crippen molar-refractivity contribution in [2.45, 2.75) is 38.9 Å². The Balaban J connectivity index is 3.00. The first-order chi connectivity index (χ1) is 7.53. The number of hydrogen-bond acceptors (Lipinski definition) is 1. The topological polar surface area (TPSA) is 9.23 Å². The Morgan fingerprint density at radius 2 is 2.06 bits per heavy atom. The molecule has 0 heterocycles. The number of halogens is 2. The molecule has 0 bridgehead atoms. The van der Waals surface area contributed by atoms with E-state index in [9.17, 15) is 0 Å². The van der Waals surface area contributed by atoms with Crippen molar-refractivity contribution in [3.63, 3.8) is 0 Å². The average molecular weight is 397 g/mol. The fraction of sp³-hybridized carbons (Fsp3) is 0.538. The van der Waals surface area contributed by atoms with Crippen molar-refractivity contribution in [1.29, 1.82) is 0 Å². The zero-order valence-electron chi connectivity index (χ0n) is 9.97. The van der Waals surface area contributed by atoms with Crippen LogP contribution in [-0.2, 0) is 10.3 Å². The van der Waals surface area contributed by atoms with E-state index in [1.54, 1.807) is 0 Å². The molecule has 0 aliphatic rings. The molecule has 3 heteroatoms. The number of rotatable bonds is 5. The van der Waals surface area contributed by atoms with Gasteiger partial charge in [0.1, 0.15) is 5.60 Å². The van der Waals surface area contributed by atoms with Gasteiger partial charge >= 0.3 is 0 Å². The van der Waals surface area contributed by atoms with E-state index in [1.807, 2.05) is 6.07 Å². The Morgan fingerprint density at radius 1 is 1.44 bits per heavy atom. The third-order valence-electron chi connectivity index (χ3n) is 2.73. The van der Waals surface area contributed by atoms with Crippen LogP contribution >= 0.6 is 38.5 Å². The summed E-state index contributed by atoms with van der Waals surface area (Å²) in [6.07, 6.45) is 1.32. The predicted molar refractivity (Wildman–Crippen MR) is 81.2 cm³/mol. The molecule has 0 saturated carbocycles. The van der Waals surface area contributed by atoms with Crippen LogP contribution in [0.1, 0.15) is 32.8 Å². The molecule has 90 valence electrons. The molecule has 0 aromatic heterocycles. The van der Waals surface area contributed by atoms with Crippen molar-refractivity contribution in [3.8, 4) is 0 Å². The minimum Gasteiger partial charge on any atom is -0.367 e. The summed E-state index contributed by atoms with van der Waals surface area (Å²) >= 11 is 5.99. The monoisotopic (exact) mass is 396 g/mol. The lowest BCUT2D eigenvalue weighted by Gasteiger charge is -2.32. The van der Waals surface area contributed by atoms with Crippen LogP contribution in [0.4, 0.5) is 0 Å². The minimum atomic E-state index is -0.212. The van der Waals surface area contributed by atoms with Gasteiger partial charge in [-0.25, -0.2) is 0 Å². The van der Waals surface area contributed by atoms with Crippen LogP contribution in [0.15, 0.2) is 28.7 Å². The van der Waals surface area contributed by atoms with E-state index >= 15 is 0 Å². The Labute approximate surface area is 120 Å². The predicted octanol–water partition coefficient (Wildman–Crippen LogP) is 4.91. The van der Waals surface area contributed by atoms with E-state index in [0.29, 0.717) is 0 Å². The largest absolute Gasteiger partial charge is 0.367 e. The summed E-state index contributed by atoms with van der Waals surface area (Å²) in [4.78, 5) is 0. The first-order valence-electron chi connectivity index (χ1n) is 5.52. The summed E-state index contributed by atoms with van der Waals surface area (Å²) in [5.41, 5.74) is 1.01. The SMILES string of the molecule is CCC(C)OC(C)(CI)c1ccccc1Br. The van der Waals surface area contributed by atoms with Crippen LogP contribution in [0.3, 0.4) is 0 Å². The molecule has 1 nitrogen and oxygen atoms in total. The van der Waals surface area contributed by atoms with Gasteiger partial charge in [0.2, 0.25) is 0 Å². The average Bonchev–Trinajstić information content (AvgIpc) is 2.29. The van der Waals surface area contributed by atoms with Gasteiger partial charge in [-0.15, -0.1) is 0 Å². The molecule has 1 aromatic carbocycles. The summed E-state index contributed by atoms with van der Waals surface area (Å²) in [7, 11) is 0. The molecular weight excluding hydrogens is 379 g/mol. The molecular formula is C13H18BrIO. The van der Waals surface area contributed by atoms with Crippen LogP contribution in [0.2, 0.25) is 0 Å². The second-order valence-corrected chi connectivity index (χ2v) is 5.80. The van der Waals surface area contributed by atoms with Crippen LogP contribution in [-0.4, -0.2) is 10.5 Å². The maximum atomic E-state index is 6.17. The van der Waals surface area contributed by atoms with Gasteiger partial charge in [0.25, 0.3) is 0 Å². The molecule has 0 saturated heterocycles. The summed E-state index contributed by atoms with van der Waals surface area (Å²) in [6.45, 7) is 6.44. The fourth-order valence-corrected chi connectivity index (χ4v) is 2.88. The Bertz CT molecular complexity index is 342. The number of ether oxygens (including phenoxy) is 1. The van der Waals surface area contributed by atoms with Gasteiger partial charge in [-0.05, 0) is 31.9 Å². The first-order valence-corrected chi connectivity index (χ1v) is 7.84. The molecule has 2 atom stereocenters. The second-order valence-electron chi connectivity index (χ2n) is 4.18. The lowest BCUT2D eigenvalue weighted by molar-refractivity contribution is -0.0642. The smallest absolute Gasteiger partial charge is 0.101 e. The van der Waals surface area contributed by atoms with Gasteiger partial charge in [-0.2, -0.15) is 0 Å². The Morgan fingerprint density at radius 3 is 2.56 bits per heavy atom. The summed E-state index contributed by atoms with van der Waals surface area (Å²) in [5, 5.41) is 0. The molecule has 0 aliphatic carbocycles. The van der Waals surface area contributed by atoms with Gasteiger partial charge in [0, 0.05) is 8.90 Å². The normalized spacial score (nSPS) is 16.8. The molecule has 0 aliphatic heterocycles. The Hall–Kier alpha value is 0.390. The Kier molecular flexibility index (Phi) is 5.74. The van der Waals surface area contributed by atoms with Crippen LogP contribution < -0.4 is 0 Å². The van der Waals surface area contributed by atoms with Crippen molar-refractivity contribution < 1.29 is 4.74 Å². The maximum absolute atomic E-state index is 6.17. The summed E-state index contributed by atoms with van der Waals surface area (Å²) < 4.78 is 8.23.